The summed E-state index contributed by atoms with van der Waals surface area (Å²) in [5, 5.41) is 2.00. The fourth-order valence-corrected chi connectivity index (χ4v) is 0.681. The van der Waals surface area contributed by atoms with Crippen LogP contribution >= 0.6 is 0 Å². The molecule has 0 aromatic rings. The van der Waals surface area contributed by atoms with E-state index in [2.05, 4.69) is 4.99 Å². The van der Waals surface area contributed by atoms with Crippen LogP contribution in [0.5, 0.6) is 0 Å². The molecule has 0 aromatic carbocycles. The van der Waals surface area contributed by atoms with Gasteiger partial charge in [-0.1, -0.05) is 0 Å². The maximum Gasteiger partial charge on any atom is 0.346 e. The highest BCUT2D eigenvalue weighted by molar-refractivity contribution is 7.74. The third-order valence-electron chi connectivity index (χ3n) is 0.709. The monoisotopic (exact) mass is 146 g/mol. The largest absolute Gasteiger partial charge is 0.346 e. The third kappa shape index (κ3) is 1.14. The number of nitrogens with one attached hydrogen (secondary N) is 1. The van der Waals surface area contributed by atoms with E-state index >= 15 is 0 Å². The van der Waals surface area contributed by atoms with E-state index < -0.39 is 16.3 Å². The van der Waals surface area contributed by atoms with Crippen molar-refractivity contribution in [3.05, 3.63) is 0 Å². The highest BCUT2D eigenvalue weighted by Crippen LogP contribution is 1.80. The second-order valence-electron chi connectivity index (χ2n) is 1.29. The van der Waals surface area contributed by atoms with Crippen molar-refractivity contribution in [2.45, 2.75) is 0 Å². The molecule has 5 nitrogen and oxygen atoms in total. The second-order valence-corrected chi connectivity index (χ2v) is 2.20. The van der Waals surface area contributed by atoms with Gasteiger partial charge in [-0.3, -0.25) is 5.32 Å². The van der Waals surface area contributed by atoms with Crippen LogP contribution in [0.4, 0.5) is 4.79 Å². The zero-order valence-corrected chi connectivity index (χ0v) is 4.97. The molecule has 1 aliphatic heterocycles. The van der Waals surface area contributed by atoms with Crippen molar-refractivity contribution in [2.24, 2.45) is 4.99 Å². The van der Waals surface area contributed by atoms with Gasteiger partial charge >= 0.3 is 6.03 Å². The van der Waals surface area contributed by atoms with Gasteiger partial charge in [-0.05, 0) is 0 Å². The average Bonchev–Trinajstić information content (AvgIpc) is 2.14. The Kier molecular flexibility index (Phi) is 1.31. The van der Waals surface area contributed by atoms with Crippen molar-refractivity contribution in [3.63, 3.8) is 0 Å². The predicted octanol–water partition coefficient (Wildman–Crippen LogP) is -1.21. The zero-order valence-electron chi connectivity index (χ0n) is 4.16. The molecule has 0 saturated heterocycles. The van der Waals surface area contributed by atoms with Gasteiger partial charge in [0.25, 0.3) is 0 Å². The van der Waals surface area contributed by atoms with Crippen molar-refractivity contribution in [3.8, 4) is 0 Å². The quantitative estimate of drug-likeness (QED) is 0.435. The summed E-state index contributed by atoms with van der Waals surface area (Å²) in [5.41, 5.74) is 0. The van der Waals surface area contributed by atoms with Crippen LogP contribution in [0.15, 0.2) is 4.99 Å². The number of hydrogen-bond donors (Lipinski definition) is 1. The average molecular weight is 146 g/mol. The zero-order chi connectivity index (χ0) is 6.85. The topological polar surface area (TPSA) is 75.6 Å². The molecule has 0 spiro atoms. The summed E-state index contributed by atoms with van der Waals surface area (Å²) >= 11 is 0. The Morgan fingerprint density at radius 2 is 2.22 bits per heavy atom. The van der Waals surface area contributed by atoms with E-state index in [-0.39, 0.29) is 4.99 Å². The first kappa shape index (κ1) is 5.96. The molecule has 2 amide bonds. The molecular formula is C3H2N2O3S. The molecule has 1 rings (SSSR count). The number of carbonyl (C=O) groups excluding carboxylic acids is 1. The molecule has 6 heteroatoms. The lowest BCUT2D eigenvalue weighted by atomic mass is 10.8. The van der Waals surface area contributed by atoms with Gasteiger partial charge in [-0.25, -0.2) is 4.79 Å². The minimum Gasteiger partial charge on any atom is -0.292 e. The molecule has 0 fully saturated rings. The van der Waals surface area contributed by atoms with E-state index in [0.717, 1.165) is 6.21 Å². The summed E-state index contributed by atoms with van der Waals surface area (Å²) in [6.45, 7) is 0. The number of carbonyl (C=O) groups is 1. The summed E-state index contributed by atoms with van der Waals surface area (Å²) in [7, 11) is -2.38. The fraction of sp³-hybridized carbons (Fsp3) is 0. The van der Waals surface area contributed by atoms with Gasteiger partial charge in [0.05, 0.1) is 6.21 Å². The van der Waals surface area contributed by atoms with Crippen molar-refractivity contribution in [1.29, 1.82) is 0 Å². The van der Waals surface area contributed by atoms with Crippen molar-refractivity contribution >= 4 is 27.5 Å². The molecule has 0 radical (unpaired) electrons. The third-order valence-corrected chi connectivity index (χ3v) is 1.28. The minimum absolute atomic E-state index is 0.181. The molecule has 48 valence electrons. The van der Waals surface area contributed by atoms with Crippen LogP contribution in [-0.2, 0) is 10.3 Å². The summed E-state index contributed by atoms with van der Waals surface area (Å²) in [6, 6.07) is -0.644. The van der Waals surface area contributed by atoms with Gasteiger partial charge in [0.2, 0.25) is 10.3 Å². The Morgan fingerprint density at radius 3 is 2.44 bits per heavy atom. The van der Waals surface area contributed by atoms with Gasteiger partial charge < -0.3 is 0 Å². The van der Waals surface area contributed by atoms with Crippen LogP contribution < -0.4 is 5.32 Å². The van der Waals surface area contributed by atoms with Crippen LogP contribution in [0.3, 0.4) is 0 Å². The highest BCUT2D eigenvalue weighted by atomic mass is 32.2. The van der Waals surface area contributed by atoms with Crippen LogP contribution in [0.25, 0.3) is 0 Å². The van der Waals surface area contributed by atoms with Crippen LogP contribution in [-0.4, -0.2) is 25.7 Å². The Balaban J connectivity index is 3.11. The molecule has 0 aromatic heterocycles. The summed E-state index contributed by atoms with van der Waals surface area (Å²) < 4.78 is 20.0. The molecular weight excluding hydrogens is 144 g/mol. The molecule has 0 saturated carbocycles. The number of aliphatic imine (C=N–C) groups is 1. The van der Waals surface area contributed by atoms with Crippen molar-refractivity contribution < 1.29 is 13.2 Å². The number of rotatable bonds is 0. The number of nitrogens with zero attached hydrogens (tertiary/aromatic N) is 1. The summed E-state index contributed by atoms with van der Waals surface area (Å²) in [6.07, 6.45) is 0.964. The number of urea groups is 1. The van der Waals surface area contributed by atoms with Gasteiger partial charge in [0, 0.05) is 0 Å². The first-order chi connectivity index (χ1) is 4.20. The lowest BCUT2D eigenvalue weighted by Gasteiger charge is -1.80. The van der Waals surface area contributed by atoms with Crippen molar-refractivity contribution in [2.75, 3.05) is 0 Å². The van der Waals surface area contributed by atoms with E-state index in [1.807, 2.05) is 5.32 Å². The Morgan fingerprint density at radius 1 is 1.56 bits per heavy atom. The standard InChI is InChI=1S/C3H2N2O3S/c6-3-4-1-2(5-3)9(7)8/h1H,(H,5,6). The lowest BCUT2D eigenvalue weighted by molar-refractivity contribution is 0.254. The molecule has 9 heavy (non-hydrogen) atoms. The second kappa shape index (κ2) is 1.98. The SMILES string of the molecule is O=C1N=CC(=S(=O)=O)N1. The number of amides is 2. The molecule has 1 N–H and O–H groups in total. The van der Waals surface area contributed by atoms with Crippen LogP contribution in [0, 0.1) is 0 Å². The lowest BCUT2D eigenvalue weighted by Crippen LogP contribution is -2.21. The Labute approximate surface area is 51.9 Å². The molecule has 0 atom stereocenters. The Hall–Kier alpha value is -1.17. The summed E-state index contributed by atoms with van der Waals surface area (Å²) in [5.74, 6) is 0. The molecule has 1 heterocycles. The van der Waals surface area contributed by atoms with E-state index in [1.165, 1.54) is 0 Å². The van der Waals surface area contributed by atoms with Gasteiger partial charge in [0.1, 0.15) is 0 Å². The highest BCUT2D eigenvalue weighted by Gasteiger charge is 2.09. The van der Waals surface area contributed by atoms with E-state index in [0.29, 0.717) is 0 Å². The van der Waals surface area contributed by atoms with E-state index in [9.17, 15) is 13.2 Å². The fourth-order valence-electron chi connectivity index (χ4n) is 0.372. The van der Waals surface area contributed by atoms with Gasteiger partial charge in [-0.15, -0.1) is 0 Å². The van der Waals surface area contributed by atoms with Crippen molar-refractivity contribution in [1.82, 2.24) is 5.32 Å². The van der Waals surface area contributed by atoms with Gasteiger partial charge in [0.15, 0.2) is 4.99 Å². The minimum atomic E-state index is -2.38. The van der Waals surface area contributed by atoms with Crippen LogP contribution in [0.2, 0.25) is 0 Å². The molecule has 1 aliphatic rings. The van der Waals surface area contributed by atoms with E-state index in [4.69, 9.17) is 0 Å². The smallest absolute Gasteiger partial charge is 0.292 e. The maximum absolute atomic E-state index is 10.2. The van der Waals surface area contributed by atoms with Crippen LogP contribution in [0.1, 0.15) is 0 Å². The Bertz CT molecular complexity index is 291. The molecule has 0 unspecified atom stereocenters. The number of hydrogen-bond acceptors (Lipinski definition) is 3. The van der Waals surface area contributed by atoms with Gasteiger partial charge in [-0.2, -0.15) is 13.4 Å². The normalized spacial score (nSPS) is 16.0. The molecule has 0 aliphatic carbocycles. The van der Waals surface area contributed by atoms with E-state index in [1.54, 1.807) is 0 Å². The molecule has 0 bridgehead atoms. The maximum atomic E-state index is 10.2. The first-order valence-corrected chi connectivity index (χ1v) is 3.09. The first-order valence-electron chi connectivity index (χ1n) is 2.01. The predicted molar refractivity (Wildman–Crippen MR) is 31.0 cm³/mol. The summed E-state index contributed by atoms with van der Waals surface area (Å²) in [4.78, 5) is 13.1.